The van der Waals surface area contributed by atoms with E-state index in [-0.39, 0.29) is 22.4 Å². The van der Waals surface area contributed by atoms with Gasteiger partial charge in [-0.3, -0.25) is 0 Å². The predicted octanol–water partition coefficient (Wildman–Crippen LogP) is 4.90. The molecule has 0 saturated heterocycles. The largest absolute Gasteiger partial charge is 0.416 e. The average Bonchev–Trinajstić information content (AvgIpc) is 3.45. The Kier molecular flexibility index (Phi) is 4.97. The highest BCUT2D eigenvalue weighted by Crippen LogP contribution is 2.31. The van der Waals surface area contributed by atoms with E-state index in [1.165, 1.54) is 16.9 Å². The van der Waals surface area contributed by atoms with Gasteiger partial charge in [0.15, 0.2) is 0 Å². The highest BCUT2D eigenvalue weighted by Gasteiger charge is 2.17. The third-order valence-corrected chi connectivity index (χ3v) is 4.93. The fourth-order valence-electron chi connectivity index (χ4n) is 3.07. The number of hydrogen-bond acceptors (Lipinski definition) is 6. The molecule has 0 amide bonds. The second-order valence-corrected chi connectivity index (χ2v) is 7.12. The van der Waals surface area contributed by atoms with Crippen molar-refractivity contribution >= 4 is 11.6 Å². The molecule has 5 aromatic rings. The molecular formula is C22H14ClFN6O. The first-order valence-corrected chi connectivity index (χ1v) is 9.75. The van der Waals surface area contributed by atoms with Gasteiger partial charge in [-0.1, -0.05) is 60.1 Å². The van der Waals surface area contributed by atoms with E-state index in [1.54, 1.807) is 6.07 Å². The molecule has 0 N–H and O–H groups in total. The topological polar surface area (TPSA) is 82.5 Å². The van der Waals surface area contributed by atoms with Crippen LogP contribution in [0, 0.1) is 5.82 Å². The van der Waals surface area contributed by atoms with Crippen LogP contribution in [0.25, 0.3) is 34.3 Å². The summed E-state index contributed by atoms with van der Waals surface area (Å²) < 4.78 is 19.7. The van der Waals surface area contributed by atoms with Gasteiger partial charge < -0.3 is 4.42 Å². The first kappa shape index (κ1) is 19.1. The van der Waals surface area contributed by atoms with Crippen molar-refractivity contribution in [1.29, 1.82) is 0 Å². The number of rotatable bonds is 5. The molecule has 7 nitrogen and oxygen atoms in total. The molecule has 0 atom stereocenters. The Morgan fingerprint density at radius 3 is 2.35 bits per heavy atom. The lowest BCUT2D eigenvalue weighted by atomic mass is 10.1. The van der Waals surface area contributed by atoms with Crippen molar-refractivity contribution in [3.8, 4) is 34.3 Å². The minimum atomic E-state index is -0.520. The van der Waals surface area contributed by atoms with Crippen LogP contribution in [-0.2, 0) is 6.54 Å². The summed E-state index contributed by atoms with van der Waals surface area (Å²) in [5.41, 5.74) is 2.67. The molecule has 0 aliphatic heterocycles. The summed E-state index contributed by atoms with van der Waals surface area (Å²) in [4.78, 5) is 1.53. The Morgan fingerprint density at radius 2 is 1.58 bits per heavy atom. The van der Waals surface area contributed by atoms with Crippen LogP contribution in [0.5, 0.6) is 0 Å². The molecule has 5 rings (SSSR count). The average molecular weight is 433 g/mol. The quantitative estimate of drug-likeness (QED) is 0.393. The fraction of sp³-hybridized carbons (Fsp3) is 0.0455. The van der Waals surface area contributed by atoms with E-state index in [4.69, 9.17) is 16.0 Å². The zero-order valence-corrected chi connectivity index (χ0v) is 16.7. The van der Waals surface area contributed by atoms with Crippen LogP contribution in [-0.4, -0.2) is 30.4 Å². The predicted molar refractivity (Wildman–Crippen MR) is 112 cm³/mol. The summed E-state index contributed by atoms with van der Waals surface area (Å²) in [6.07, 6.45) is 0. The van der Waals surface area contributed by atoms with Crippen LogP contribution in [0.3, 0.4) is 0 Å². The third kappa shape index (κ3) is 3.93. The molecule has 0 unspecified atom stereocenters. The minimum absolute atomic E-state index is 0.0300. The van der Waals surface area contributed by atoms with E-state index in [1.807, 2.05) is 54.6 Å². The molecule has 0 radical (unpaired) electrons. The SMILES string of the molecule is Fc1cccc(Cl)c1-c1nnc(-c2ccc(Cn3nnc(-c4ccccc4)n3)cc2)o1. The first-order valence-electron chi connectivity index (χ1n) is 9.38. The van der Waals surface area contributed by atoms with Gasteiger partial charge in [0.2, 0.25) is 11.7 Å². The second-order valence-electron chi connectivity index (χ2n) is 6.72. The van der Waals surface area contributed by atoms with Gasteiger partial charge in [0.1, 0.15) is 5.82 Å². The van der Waals surface area contributed by atoms with Crippen molar-refractivity contribution in [2.45, 2.75) is 6.54 Å². The number of aromatic nitrogens is 6. The molecule has 152 valence electrons. The maximum absolute atomic E-state index is 14.1. The summed E-state index contributed by atoms with van der Waals surface area (Å²) in [6.45, 7) is 0.458. The standard InChI is InChI=1S/C22H14ClFN6O/c23-17-7-4-8-18(24)19(17)22-27-26-21(31-22)16-11-9-14(10-12-16)13-30-28-20(25-29-30)15-5-2-1-3-6-15/h1-12H,13H2. The maximum atomic E-state index is 14.1. The van der Waals surface area contributed by atoms with Gasteiger partial charge in [-0.2, -0.15) is 4.80 Å². The van der Waals surface area contributed by atoms with Gasteiger partial charge in [0, 0.05) is 11.1 Å². The monoisotopic (exact) mass is 432 g/mol. The van der Waals surface area contributed by atoms with Crippen LogP contribution in [0.15, 0.2) is 77.2 Å². The van der Waals surface area contributed by atoms with Crippen molar-refractivity contribution in [2.75, 3.05) is 0 Å². The highest BCUT2D eigenvalue weighted by atomic mass is 35.5. The number of halogens is 2. The van der Waals surface area contributed by atoms with E-state index in [0.29, 0.717) is 17.9 Å². The Labute approximate surface area is 181 Å². The summed E-state index contributed by atoms with van der Waals surface area (Å²) in [7, 11) is 0. The van der Waals surface area contributed by atoms with Gasteiger partial charge in [0.05, 0.1) is 17.1 Å². The fourth-order valence-corrected chi connectivity index (χ4v) is 3.32. The summed E-state index contributed by atoms with van der Waals surface area (Å²) in [5, 5.41) is 20.8. The molecule has 31 heavy (non-hydrogen) atoms. The number of nitrogens with zero attached hydrogens (tertiary/aromatic N) is 6. The summed E-state index contributed by atoms with van der Waals surface area (Å²) in [5.74, 6) is 0.351. The van der Waals surface area contributed by atoms with E-state index in [9.17, 15) is 4.39 Å². The van der Waals surface area contributed by atoms with Crippen molar-refractivity contribution in [1.82, 2.24) is 30.4 Å². The van der Waals surface area contributed by atoms with Crippen LogP contribution >= 0.6 is 11.6 Å². The number of tetrazole rings is 1. The van der Waals surface area contributed by atoms with Crippen molar-refractivity contribution in [2.24, 2.45) is 0 Å². The lowest BCUT2D eigenvalue weighted by molar-refractivity contribution is 0.569. The number of benzene rings is 3. The van der Waals surface area contributed by atoms with E-state index >= 15 is 0 Å². The molecule has 0 aliphatic carbocycles. The second kappa shape index (κ2) is 8.08. The normalized spacial score (nSPS) is 11.0. The van der Waals surface area contributed by atoms with Crippen molar-refractivity contribution < 1.29 is 8.81 Å². The highest BCUT2D eigenvalue weighted by molar-refractivity contribution is 6.33. The molecule has 2 aromatic heterocycles. The lowest BCUT2D eigenvalue weighted by Crippen LogP contribution is -2.03. The van der Waals surface area contributed by atoms with Gasteiger partial charge in [-0.15, -0.1) is 20.4 Å². The first-order chi connectivity index (χ1) is 15.2. The van der Waals surface area contributed by atoms with Crippen LogP contribution in [0.2, 0.25) is 5.02 Å². The van der Waals surface area contributed by atoms with Gasteiger partial charge in [-0.25, -0.2) is 4.39 Å². The molecule has 2 heterocycles. The molecule has 9 heteroatoms. The Morgan fingerprint density at radius 1 is 0.806 bits per heavy atom. The van der Waals surface area contributed by atoms with E-state index in [0.717, 1.165) is 11.1 Å². The molecule has 0 spiro atoms. The molecular weight excluding hydrogens is 419 g/mol. The number of hydrogen-bond donors (Lipinski definition) is 0. The van der Waals surface area contributed by atoms with Gasteiger partial charge in [0.25, 0.3) is 5.89 Å². The molecule has 3 aromatic carbocycles. The smallest absolute Gasteiger partial charge is 0.252 e. The van der Waals surface area contributed by atoms with E-state index in [2.05, 4.69) is 25.6 Å². The Balaban J connectivity index is 1.33. The maximum Gasteiger partial charge on any atom is 0.252 e. The zero-order valence-electron chi connectivity index (χ0n) is 16.0. The van der Waals surface area contributed by atoms with Gasteiger partial charge in [-0.05, 0) is 35.0 Å². The summed E-state index contributed by atoms with van der Waals surface area (Å²) >= 11 is 6.07. The van der Waals surface area contributed by atoms with Crippen LogP contribution < -0.4 is 0 Å². The van der Waals surface area contributed by atoms with Crippen LogP contribution in [0.4, 0.5) is 4.39 Å². The lowest BCUT2D eigenvalue weighted by Gasteiger charge is -2.01. The Hall–Kier alpha value is -3.91. The zero-order chi connectivity index (χ0) is 21.2. The van der Waals surface area contributed by atoms with Crippen LogP contribution in [0.1, 0.15) is 5.56 Å². The molecule has 0 bridgehead atoms. The van der Waals surface area contributed by atoms with Gasteiger partial charge >= 0.3 is 0 Å². The molecule has 0 fully saturated rings. The molecule has 0 aliphatic rings. The third-order valence-electron chi connectivity index (χ3n) is 4.61. The Bertz CT molecular complexity index is 1310. The van der Waals surface area contributed by atoms with Crippen molar-refractivity contribution in [3.05, 3.63) is 89.2 Å². The minimum Gasteiger partial charge on any atom is -0.416 e. The van der Waals surface area contributed by atoms with Crippen molar-refractivity contribution in [3.63, 3.8) is 0 Å². The summed E-state index contributed by atoms with van der Waals surface area (Å²) in [6, 6.07) is 21.5. The van der Waals surface area contributed by atoms with E-state index < -0.39 is 5.82 Å². The molecule has 0 saturated carbocycles.